The molecular formula is C17H25N5O2. The van der Waals surface area contributed by atoms with Crippen LogP contribution >= 0.6 is 0 Å². The van der Waals surface area contributed by atoms with E-state index in [9.17, 15) is 4.79 Å². The van der Waals surface area contributed by atoms with Crippen LogP contribution in [0.3, 0.4) is 0 Å². The van der Waals surface area contributed by atoms with Crippen molar-refractivity contribution < 1.29 is 9.53 Å². The van der Waals surface area contributed by atoms with Crippen molar-refractivity contribution in [1.29, 1.82) is 0 Å². The normalized spacial score (nSPS) is 17.3. The number of benzene rings is 1. The SMILES string of the molecule is CC(C)[C@@H](CNC(=O)Cn1nnc2ccccc21)N1CCOCC1. The third-order valence-corrected chi connectivity index (χ3v) is 4.51. The lowest BCUT2D eigenvalue weighted by Crippen LogP contribution is -2.51. The number of nitrogens with zero attached hydrogens (tertiary/aromatic N) is 4. The van der Waals surface area contributed by atoms with Gasteiger partial charge in [0.05, 0.1) is 18.7 Å². The molecule has 0 spiro atoms. The molecule has 1 aromatic heterocycles. The molecule has 0 bridgehead atoms. The van der Waals surface area contributed by atoms with Gasteiger partial charge in [-0.1, -0.05) is 31.2 Å². The highest BCUT2D eigenvalue weighted by Crippen LogP contribution is 2.12. The highest BCUT2D eigenvalue weighted by atomic mass is 16.5. The zero-order chi connectivity index (χ0) is 16.9. The summed E-state index contributed by atoms with van der Waals surface area (Å²) in [7, 11) is 0. The van der Waals surface area contributed by atoms with Gasteiger partial charge in [-0.15, -0.1) is 5.10 Å². The topological polar surface area (TPSA) is 72.3 Å². The molecular weight excluding hydrogens is 306 g/mol. The van der Waals surface area contributed by atoms with Crippen molar-refractivity contribution in [1.82, 2.24) is 25.2 Å². The van der Waals surface area contributed by atoms with Gasteiger partial charge in [0.25, 0.3) is 0 Å². The van der Waals surface area contributed by atoms with Gasteiger partial charge in [0.2, 0.25) is 5.91 Å². The number of amides is 1. The summed E-state index contributed by atoms with van der Waals surface area (Å²) in [5, 5.41) is 11.2. The van der Waals surface area contributed by atoms with Crippen molar-refractivity contribution in [2.75, 3.05) is 32.8 Å². The summed E-state index contributed by atoms with van der Waals surface area (Å²) < 4.78 is 7.06. The minimum absolute atomic E-state index is 0.0374. The Kier molecular flexibility index (Phi) is 5.42. The van der Waals surface area contributed by atoms with E-state index in [1.807, 2.05) is 24.3 Å². The lowest BCUT2D eigenvalue weighted by molar-refractivity contribution is -0.122. The van der Waals surface area contributed by atoms with Crippen LogP contribution < -0.4 is 5.32 Å². The third-order valence-electron chi connectivity index (χ3n) is 4.51. The average Bonchev–Trinajstić information content (AvgIpc) is 2.99. The Morgan fingerprint density at radius 1 is 1.29 bits per heavy atom. The highest BCUT2D eigenvalue weighted by molar-refractivity contribution is 5.79. The fourth-order valence-corrected chi connectivity index (χ4v) is 3.14. The summed E-state index contributed by atoms with van der Waals surface area (Å²) in [6, 6.07) is 7.98. The van der Waals surface area contributed by atoms with Crippen molar-refractivity contribution in [3.8, 4) is 0 Å². The van der Waals surface area contributed by atoms with Gasteiger partial charge in [0.1, 0.15) is 12.1 Å². The molecule has 1 aromatic carbocycles. The number of carbonyl (C=O) groups is 1. The second-order valence-electron chi connectivity index (χ2n) is 6.50. The molecule has 3 rings (SSSR count). The number of para-hydroxylation sites is 1. The van der Waals surface area contributed by atoms with Gasteiger partial charge in [0, 0.05) is 25.7 Å². The number of rotatable bonds is 6. The molecule has 0 aliphatic carbocycles. The zero-order valence-electron chi connectivity index (χ0n) is 14.3. The predicted octanol–water partition coefficient (Wildman–Crippen LogP) is 0.904. The molecule has 1 aliphatic rings. The largest absolute Gasteiger partial charge is 0.379 e. The van der Waals surface area contributed by atoms with Crippen LogP contribution in [0.1, 0.15) is 13.8 Å². The van der Waals surface area contributed by atoms with Crippen molar-refractivity contribution in [3.05, 3.63) is 24.3 Å². The van der Waals surface area contributed by atoms with Gasteiger partial charge >= 0.3 is 0 Å². The van der Waals surface area contributed by atoms with E-state index >= 15 is 0 Å². The quantitative estimate of drug-likeness (QED) is 0.852. The van der Waals surface area contributed by atoms with Crippen LogP contribution in [0.5, 0.6) is 0 Å². The third kappa shape index (κ3) is 3.91. The van der Waals surface area contributed by atoms with Crippen LogP contribution in [0.25, 0.3) is 11.0 Å². The van der Waals surface area contributed by atoms with E-state index in [1.54, 1.807) is 4.68 Å². The molecule has 1 aliphatic heterocycles. The summed E-state index contributed by atoms with van der Waals surface area (Å²) in [4.78, 5) is 14.7. The summed E-state index contributed by atoms with van der Waals surface area (Å²) in [6.45, 7) is 8.59. The lowest BCUT2D eigenvalue weighted by Gasteiger charge is -2.36. The van der Waals surface area contributed by atoms with E-state index in [2.05, 4.69) is 34.4 Å². The van der Waals surface area contributed by atoms with E-state index in [-0.39, 0.29) is 12.5 Å². The molecule has 1 N–H and O–H groups in total. The molecule has 1 atom stereocenters. The van der Waals surface area contributed by atoms with Crippen LogP contribution in [0.2, 0.25) is 0 Å². The summed E-state index contributed by atoms with van der Waals surface area (Å²) in [5.41, 5.74) is 1.68. The van der Waals surface area contributed by atoms with Crippen LogP contribution in [-0.4, -0.2) is 64.7 Å². The van der Waals surface area contributed by atoms with E-state index in [0.29, 0.717) is 18.5 Å². The van der Waals surface area contributed by atoms with E-state index in [4.69, 9.17) is 4.74 Å². The smallest absolute Gasteiger partial charge is 0.241 e. The Morgan fingerprint density at radius 3 is 2.79 bits per heavy atom. The maximum absolute atomic E-state index is 12.3. The summed E-state index contributed by atoms with van der Waals surface area (Å²) in [5.74, 6) is 0.431. The number of morpholine rings is 1. The van der Waals surface area contributed by atoms with Crippen molar-refractivity contribution >= 4 is 16.9 Å². The second kappa shape index (κ2) is 7.72. The van der Waals surface area contributed by atoms with E-state index < -0.39 is 0 Å². The van der Waals surface area contributed by atoms with Crippen LogP contribution in [0, 0.1) is 5.92 Å². The summed E-state index contributed by atoms with van der Waals surface area (Å²) in [6.07, 6.45) is 0. The van der Waals surface area contributed by atoms with E-state index in [0.717, 1.165) is 37.3 Å². The van der Waals surface area contributed by atoms with Gasteiger partial charge in [-0.3, -0.25) is 9.69 Å². The fraction of sp³-hybridized carbons (Fsp3) is 0.588. The molecule has 0 unspecified atom stereocenters. The molecule has 7 nitrogen and oxygen atoms in total. The first kappa shape index (κ1) is 16.9. The molecule has 130 valence electrons. The Hall–Kier alpha value is -1.99. The monoisotopic (exact) mass is 331 g/mol. The Bertz CT molecular complexity index is 678. The average molecular weight is 331 g/mol. The van der Waals surface area contributed by atoms with Gasteiger partial charge in [-0.2, -0.15) is 0 Å². The van der Waals surface area contributed by atoms with Gasteiger partial charge in [0.15, 0.2) is 0 Å². The van der Waals surface area contributed by atoms with Crippen molar-refractivity contribution in [3.63, 3.8) is 0 Å². The predicted molar refractivity (Wildman–Crippen MR) is 91.6 cm³/mol. The van der Waals surface area contributed by atoms with Crippen LogP contribution in [-0.2, 0) is 16.1 Å². The molecule has 2 heterocycles. The Labute approximate surface area is 142 Å². The fourth-order valence-electron chi connectivity index (χ4n) is 3.14. The number of ether oxygens (including phenoxy) is 1. The van der Waals surface area contributed by atoms with Crippen molar-refractivity contribution in [2.24, 2.45) is 5.92 Å². The molecule has 1 saturated heterocycles. The van der Waals surface area contributed by atoms with Gasteiger partial charge in [-0.05, 0) is 18.1 Å². The van der Waals surface area contributed by atoms with Gasteiger partial charge < -0.3 is 10.1 Å². The number of hydrogen-bond donors (Lipinski definition) is 1. The molecule has 0 radical (unpaired) electrons. The first-order chi connectivity index (χ1) is 11.6. The Morgan fingerprint density at radius 2 is 2.04 bits per heavy atom. The lowest BCUT2D eigenvalue weighted by atomic mass is 10.0. The van der Waals surface area contributed by atoms with Crippen LogP contribution in [0.4, 0.5) is 0 Å². The van der Waals surface area contributed by atoms with Crippen LogP contribution in [0.15, 0.2) is 24.3 Å². The molecule has 24 heavy (non-hydrogen) atoms. The highest BCUT2D eigenvalue weighted by Gasteiger charge is 2.24. The number of fused-ring (bicyclic) bond motifs is 1. The first-order valence-electron chi connectivity index (χ1n) is 8.52. The number of hydrogen-bond acceptors (Lipinski definition) is 5. The maximum Gasteiger partial charge on any atom is 0.241 e. The summed E-state index contributed by atoms with van der Waals surface area (Å²) >= 11 is 0. The molecule has 2 aromatic rings. The molecule has 1 fully saturated rings. The number of carbonyl (C=O) groups excluding carboxylic acids is 1. The maximum atomic E-state index is 12.3. The number of nitrogens with one attached hydrogen (secondary N) is 1. The van der Waals surface area contributed by atoms with Gasteiger partial charge in [-0.25, -0.2) is 4.68 Å². The van der Waals surface area contributed by atoms with E-state index in [1.165, 1.54) is 0 Å². The standard InChI is InChI=1S/C17H25N5O2/c1-13(2)16(21-7-9-24-10-8-21)11-18-17(23)12-22-15-6-4-3-5-14(15)19-20-22/h3-6,13,16H,7-12H2,1-2H3,(H,18,23)/t16-/m1/s1. The second-order valence-corrected chi connectivity index (χ2v) is 6.50. The minimum Gasteiger partial charge on any atom is -0.379 e. The Balaban J connectivity index is 1.57. The van der Waals surface area contributed by atoms with Crippen molar-refractivity contribution in [2.45, 2.75) is 26.4 Å². The molecule has 0 saturated carbocycles. The zero-order valence-corrected chi connectivity index (χ0v) is 14.3. The first-order valence-corrected chi connectivity index (χ1v) is 8.52. The minimum atomic E-state index is -0.0374. The number of aromatic nitrogens is 3. The molecule has 1 amide bonds. The molecule has 7 heteroatoms.